The number of hydrogen-bond acceptors (Lipinski definition) is 4. The van der Waals surface area contributed by atoms with Gasteiger partial charge in [0.1, 0.15) is 12.4 Å². The largest absolute Gasteiger partial charge is 0.377 e. The number of ether oxygens (including phenoxy) is 1. The van der Waals surface area contributed by atoms with Crippen LogP contribution in [0.2, 0.25) is 0 Å². The molecule has 1 aliphatic heterocycles. The van der Waals surface area contributed by atoms with Crippen LogP contribution in [0.5, 0.6) is 0 Å². The number of aliphatic imine (C=N–C) groups is 1. The zero-order valence-electron chi connectivity index (χ0n) is 18.9. The smallest absolute Gasteiger partial charge is 0.191 e. The number of nitrogens with one attached hydrogen (secondary N) is 2. The van der Waals surface area contributed by atoms with E-state index in [0.29, 0.717) is 18.6 Å². The molecule has 1 aliphatic carbocycles. The Morgan fingerprint density at radius 2 is 1.97 bits per heavy atom. The predicted octanol–water partition coefficient (Wildman–Crippen LogP) is 3.27. The fourth-order valence-corrected chi connectivity index (χ4v) is 4.81. The molecule has 4 rings (SSSR count). The van der Waals surface area contributed by atoms with Crippen LogP contribution in [0.15, 0.2) is 35.3 Å². The summed E-state index contributed by atoms with van der Waals surface area (Å²) in [5.74, 6) is 4.15. The summed E-state index contributed by atoms with van der Waals surface area (Å²) in [5, 5.41) is 11.6. The van der Waals surface area contributed by atoms with Gasteiger partial charge in [-0.05, 0) is 56.4 Å². The molecule has 168 valence electrons. The summed E-state index contributed by atoms with van der Waals surface area (Å²) in [5.41, 5.74) is 1.50. The van der Waals surface area contributed by atoms with Crippen molar-refractivity contribution in [3.8, 4) is 0 Å². The Kier molecular flexibility index (Phi) is 7.57. The highest BCUT2D eigenvalue weighted by Crippen LogP contribution is 2.35. The molecule has 7 heteroatoms. The number of fused-ring (bicyclic) bond motifs is 1. The Labute approximate surface area is 185 Å². The highest BCUT2D eigenvalue weighted by Gasteiger charge is 2.24. The first-order chi connectivity index (χ1) is 15.2. The van der Waals surface area contributed by atoms with Gasteiger partial charge in [-0.15, -0.1) is 0 Å². The number of aromatic nitrogens is 3. The maximum atomic E-state index is 5.17. The standard InChI is InChI=1S/C24H36N6O/c1-3-25-24(27-21-13-14-23-28-22(17-31-2)29-30(23)16-21)26-15-18-9-11-20(12-10-18)19-7-5-4-6-8-19/h4-8,18,20-21H,3,9-17H2,1-2H3,(H2,25,26,27). The lowest BCUT2D eigenvalue weighted by Gasteiger charge is -2.29. The minimum atomic E-state index is 0.316. The van der Waals surface area contributed by atoms with Crippen molar-refractivity contribution in [1.82, 2.24) is 25.4 Å². The minimum Gasteiger partial charge on any atom is -0.377 e. The van der Waals surface area contributed by atoms with E-state index in [2.05, 4.69) is 58.0 Å². The number of benzene rings is 1. The number of hydrogen-bond donors (Lipinski definition) is 2. The molecule has 2 heterocycles. The molecule has 2 aromatic rings. The molecule has 0 radical (unpaired) electrons. The molecule has 0 saturated heterocycles. The Morgan fingerprint density at radius 1 is 1.16 bits per heavy atom. The van der Waals surface area contributed by atoms with Crippen molar-refractivity contribution in [2.75, 3.05) is 20.2 Å². The lowest BCUT2D eigenvalue weighted by molar-refractivity contribution is 0.177. The molecule has 31 heavy (non-hydrogen) atoms. The quantitative estimate of drug-likeness (QED) is 0.527. The van der Waals surface area contributed by atoms with Crippen LogP contribution in [-0.2, 0) is 24.3 Å². The second-order valence-electron chi connectivity index (χ2n) is 8.79. The van der Waals surface area contributed by atoms with Gasteiger partial charge in [-0.2, -0.15) is 5.10 Å². The highest BCUT2D eigenvalue weighted by molar-refractivity contribution is 5.80. The molecule has 1 aromatic heterocycles. The summed E-state index contributed by atoms with van der Waals surface area (Å²) in [6.45, 7) is 5.17. The fraction of sp³-hybridized carbons (Fsp3) is 0.625. The Bertz CT molecular complexity index is 841. The number of guanidine groups is 1. The molecule has 0 bridgehead atoms. The lowest BCUT2D eigenvalue weighted by atomic mass is 9.79. The number of methoxy groups -OCH3 is 1. The van der Waals surface area contributed by atoms with E-state index in [9.17, 15) is 0 Å². The van der Waals surface area contributed by atoms with Crippen molar-refractivity contribution >= 4 is 5.96 Å². The van der Waals surface area contributed by atoms with Crippen molar-refractivity contribution < 1.29 is 4.74 Å². The summed E-state index contributed by atoms with van der Waals surface area (Å²) >= 11 is 0. The van der Waals surface area contributed by atoms with E-state index >= 15 is 0 Å². The maximum Gasteiger partial charge on any atom is 0.191 e. The first-order valence-corrected chi connectivity index (χ1v) is 11.8. The fourth-order valence-electron chi connectivity index (χ4n) is 4.81. The minimum absolute atomic E-state index is 0.316. The van der Waals surface area contributed by atoms with Gasteiger partial charge >= 0.3 is 0 Å². The van der Waals surface area contributed by atoms with Crippen LogP contribution >= 0.6 is 0 Å². The van der Waals surface area contributed by atoms with Gasteiger partial charge in [0.2, 0.25) is 0 Å². The first kappa shape index (κ1) is 21.8. The van der Waals surface area contributed by atoms with Crippen molar-refractivity contribution in [3.05, 3.63) is 47.5 Å². The molecule has 1 atom stereocenters. The molecule has 1 fully saturated rings. The van der Waals surface area contributed by atoms with Crippen molar-refractivity contribution in [1.29, 1.82) is 0 Å². The SMILES string of the molecule is CCNC(=NCC1CCC(c2ccccc2)CC1)NC1CCc2nc(COC)nn2C1. The third kappa shape index (κ3) is 5.85. The molecule has 1 aromatic carbocycles. The summed E-state index contributed by atoms with van der Waals surface area (Å²) in [4.78, 5) is 9.52. The summed E-state index contributed by atoms with van der Waals surface area (Å²) < 4.78 is 7.18. The summed E-state index contributed by atoms with van der Waals surface area (Å²) in [6, 6.07) is 11.3. The van der Waals surface area contributed by atoms with Gasteiger partial charge in [0.15, 0.2) is 11.8 Å². The number of rotatable bonds is 7. The Hall–Kier alpha value is -2.41. The molecule has 1 unspecified atom stereocenters. The van der Waals surface area contributed by atoms with E-state index in [1.165, 1.54) is 31.2 Å². The average molecular weight is 425 g/mol. The van der Waals surface area contributed by atoms with Gasteiger partial charge < -0.3 is 15.4 Å². The van der Waals surface area contributed by atoms with E-state index in [1.54, 1.807) is 7.11 Å². The normalized spacial score (nSPS) is 23.9. The van der Waals surface area contributed by atoms with Gasteiger partial charge in [-0.1, -0.05) is 30.3 Å². The van der Waals surface area contributed by atoms with Crippen LogP contribution in [0.4, 0.5) is 0 Å². The highest BCUT2D eigenvalue weighted by atomic mass is 16.5. The van der Waals surface area contributed by atoms with Gasteiger partial charge in [0, 0.05) is 32.7 Å². The van der Waals surface area contributed by atoms with Crippen molar-refractivity contribution in [2.24, 2.45) is 10.9 Å². The molecular weight excluding hydrogens is 388 g/mol. The third-order valence-corrected chi connectivity index (χ3v) is 6.49. The van der Waals surface area contributed by atoms with Crippen LogP contribution in [0.25, 0.3) is 0 Å². The van der Waals surface area contributed by atoms with E-state index < -0.39 is 0 Å². The Balaban J connectivity index is 1.28. The summed E-state index contributed by atoms with van der Waals surface area (Å²) in [6.07, 6.45) is 7.04. The molecule has 1 saturated carbocycles. The van der Waals surface area contributed by atoms with E-state index in [1.807, 2.05) is 4.68 Å². The monoisotopic (exact) mass is 424 g/mol. The van der Waals surface area contributed by atoms with Crippen LogP contribution in [0.1, 0.15) is 62.2 Å². The maximum absolute atomic E-state index is 5.17. The van der Waals surface area contributed by atoms with Crippen LogP contribution in [0.3, 0.4) is 0 Å². The van der Waals surface area contributed by atoms with Gasteiger partial charge in [0.05, 0.1) is 6.54 Å². The Morgan fingerprint density at radius 3 is 2.71 bits per heavy atom. The summed E-state index contributed by atoms with van der Waals surface area (Å²) in [7, 11) is 1.68. The third-order valence-electron chi connectivity index (χ3n) is 6.49. The number of nitrogens with zero attached hydrogens (tertiary/aromatic N) is 4. The van der Waals surface area contributed by atoms with Crippen LogP contribution in [0, 0.1) is 5.92 Å². The van der Waals surface area contributed by atoms with Crippen molar-refractivity contribution in [2.45, 2.75) is 70.6 Å². The first-order valence-electron chi connectivity index (χ1n) is 11.8. The predicted molar refractivity (Wildman–Crippen MR) is 123 cm³/mol. The van der Waals surface area contributed by atoms with Gasteiger partial charge in [0.25, 0.3) is 0 Å². The van der Waals surface area contributed by atoms with Crippen LogP contribution < -0.4 is 10.6 Å². The molecule has 0 spiro atoms. The molecule has 7 nitrogen and oxygen atoms in total. The van der Waals surface area contributed by atoms with Gasteiger partial charge in [-0.25, -0.2) is 9.67 Å². The van der Waals surface area contributed by atoms with Crippen LogP contribution in [-0.4, -0.2) is 47.0 Å². The second-order valence-corrected chi connectivity index (χ2v) is 8.79. The molecular formula is C24H36N6O. The van der Waals surface area contributed by atoms with E-state index in [-0.39, 0.29) is 0 Å². The molecule has 0 amide bonds. The molecule has 2 aliphatic rings. The second kappa shape index (κ2) is 10.8. The topological polar surface area (TPSA) is 76.4 Å². The average Bonchev–Trinajstić information content (AvgIpc) is 3.20. The lowest BCUT2D eigenvalue weighted by Crippen LogP contribution is -2.47. The zero-order valence-corrected chi connectivity index (χ0v) is 18.9. The van der Waals surface area contributed by atoms with E-state index in [0.717, 1.165) is 56.0 Å². The number of aryl methyl sites for hydroxylation is 1. The molecule has 2 N–H and O–H groups in total. The van der Waals surface area contributed by atoms with Gasteiger partial charge in [-0.3, -0.25) is 4.99 Å². The zero-order chi connectivity index (χ0) is 21.5. The van der Waals surface area contributed by atoms with Crippen molar-refractivity contribution in [3.63, 3.8) is 0 Å². The van der Waals surface area contributed by atoms with E-state index in [4.69, 9.17) is 9.73 Å².